The number of amides is 1. The van der Waals surface area contributed by atoms with E-state index in [0.717, 1.165) is 6.07 Å². The number of likely N-dealkylation sites (tertiary alicyclic amines) is 1. The fourth-order valence-corrected chi connectivity index (χ4v) is 2.35. The van der Waals surface area contributed by atoms with Gasteiger partial charge in [-0.2, -0.15) is 5.26 Å². The molecule has 1 heterocycles. The maximum Gasteiger partial charge on any atom is 0.224 e. The molecule has 6 heteroatoms. The minimum atomic E-state index is -0.521. The Bertz CT molecular complexity index is 556. The summed E-state index contributed by atoms with van der Waals surface area (Å²) in [6.07, 6.45) is 0.508. The van der Waals surface area contributed by atoms with Crippen molar-refractivity contribution in [2.75, 3.05) is 13.6 Å². The van der Waals surface area contributed by atoms with Gasteiger partial charge in [0, 0.05) is 24.7 Å². The predicted octanol–water partition coefficient (Wildman–Crippen LogP) is 0.991. The van der Waals surface area contributed by atoms with Crippen LogP contribution in [0, 0.1) is 23.1 Å². The minimum absolute atomic E-state index is 0.141. The molecule has 1 amide bonds. The number of benzene rings is 1. The molecule has 5 nitrogen and oxygen atoms in total. The van der Waals surface area contributed by atoms with Crippen molar-refractivity contribution in [2.24, 2.45) is 5.92 Å². The van der Waals surface area contributed by atoms with Crippen LogP contribution in [0.1, 0.15) is 12.0 Å². The van der Waals surface area contributed by atoms with E-state index in [-0.39, 0.29) is 30.2 Å². The van der Waals surface area contributed by atoms with Crippen LogP contribution < -0.4 is 5.32 Å². The topological polar surface area (TPSA) is 76.4 Å². The van der Waals surface area contributed by atoms with Crippen molar-refractivity contribution >= 4 is 5.91 Å². The molecule has 106 valence electrons. The molecule has 0 aromatic heterocycles. The summed E-state index contributed by atoms with van der Waals surface area (Å²) >= 11 is 0. The van der Waals surface area contributed by atoms with Crippen molar-refractivity contribution < 1.29 is 14.3 Å². The number of aromatic hydroxyl groups is 1. The maximum absolute atomic E-state index is 12.8. The Morgan fingerprint density at radius 1 is 1.65 bits per heavy atom. The Hall–Kier alpha value is -2.13. The SMILES string of the molecule is CN1CC(C(=O)NCc2ccc(F)cc2O)CC1C#N. The maximum atomic E-state index is 12.8. The Morgan fingerprint density at radius 2 is 2.40 bits per heavy atom. The lowest BCUT2D eigenvalue weighted by Gasteiger charge is -2.12. The standard InChI is InChI=1S/C14H16FN3O2/c1-18-8-10(4-12(18)6-16)14(20)17-7-9-2-3-11(15)5-13(9)19/h2-3,5,10,12,19H,4,7-8H2,1H3,(H,17,20). The summed E-state index contributed by atoms with van der Waals surface area (Å²) in [7, 11) is 1.81. The second-order valence-corrected chi connectivity index (χ2v) is 5.01. The number of carbonyl (C=O) groups excluding carboxylic acids is 1. The van der Waals surface area contributed by atoms with Crippen LogP contribution in [0.2, 0.25) is 0 Å². The van der Waals surface area contributed by atoms with Crippen LogP contribution in [0.3, 0.4) is 0 Å². The van der Waals surface area contributed by atoms with Gasteiger partial charge in [0.05, 0.1) is 18.0 Å². The molecule has 2 rings (SSSR count). The number of halogens is 1. The lowest BCUT2D eigenvalue weighted by Crippen LogP contribution is -2.31. The molecular weight excluding hydrogens is 261 g/mol. The highest BCUT2D eigenvalue weighted by atomic mass is 19.1. The van der Waals surface area contributed by atoms with E-state index in [0.29, 0.717) is 18.5 Å². The third-order valence-electron chi connectivity index (χ3n) is 3.57. The molecule has 0 bridgehead atoms. The van der Waals surface area contributed by atoms with Gasteiger partial charge in [-0.25, -0.2) is 4.39 Å². The van der Waals surface area contributed by atoms with Crippen molar-refractivity contribution in [3.8, 4) is 11.8 Å². The Morgan fingerprint density at radius 3 is 3.00 bits per heavy atom. The zero-order valence-electron chi connectivity index (χ0n) is 11.1. The smallest absolute Gasteiger partial charge is 0.224 e. The molecule has 1 aromatic rings. The molecule has 2 N–H and O–H groups in total. The summed E-state index contributed by atoms with van der Waals surface area (Å²) in [5.74, 6) is -1.08. The molecule has 0 spiro atoms. The third kappa shape index (κ3) is 3.06. The number of hydrogen-bond acceptors (Lipinski definition) is 4. The minimum Gasteiger partial charge on any atom is -0.507 e. The van der Waals surface area contributed by atoms with Crippen molar-refractivity contribution in [2.45, 2.75) is 19.0 Å². The fourth-order valence-electron chi connectivity index (χ4n) is 2.35. The summed E-state index contributed by atoms with van der Waals surface area (Å²) < 4.78 is 12.8. The van der Waals surface area contributed by atoms with E-state index in [4.69, 9.17) is 5.26 Å². The van der Waals surface area contributed by atoms with Crippen LogP contribution >= 0.6 is 0 Å². The van der Waals surface area contributed by atoms with Gasteiger partial charge in [0.2, 0.25) is 5.91 Å². The molecule has 20 heavy (non-hydrogen) atoms. The normalized spacial score (nSPS) is 22.4. The van der Waals surface area contributed by atoms with Crippen molar-refractivity contribution in [3.63, 3.8) is 0 Å². The third-order valence-corrected chi connectivity index (χ3v) is 3.57. The molecule has 1 saturated heterocycles. The molecule has 1 fully saturated rings. The summed E-state index contributed by atoms with van der Waals surface area (Å²) in [5.41, 5.74) is 0.461. The number of nitrogens with one attached hydrogen (secondary N) is 1. The molecule has 2 unspecified atom stereocenters. The average molecular weight is 277 g/mol. The molecule has 0 radical (unpaired) electrons. The number of nitriles is 1. The summed E-state index contributed by atoms with van der Waals surface area (Å²) in [6.45, 7) is 0.682. The number of phenols is 1. The van der Waals surface area contributed by atoms with Crippen LogP contribution in [0.5, 0.6) is 5.75 Å². The molecular formula is C14H16FN3O2. The molecule has 1 aromatic carbocycles. The number of carbonyl (C=O) groups is 1. The van der Waals surface area contributed by atoms with Crippen LogP contribution in [-0.4, -0.2) is 35.5 Å². The number of nitrogens with zero attached hydrogens (tertiary/aromatic N) is 2. The highest BCUT2D eigenvalue weighted by molar-refractivity contribution is 5.79. The number of hydrogen-bond donors (Lipinski definition) is 2. The van der Waals surface area contributed by atoms with Crippen LogP contribution in [-0.2, 0) is 11.3 Å². The zero-order valence-corrected chi connectivity index (χ0v) is 11.1. The first-order valence-electron chi connectivity index (χ1n) is 6.36. The first-order valence-corrected chi connectivity index (χ1v) is 6.36. The van der Waals surface area contributed by atoms with E-state index >= 15 is 0 Å². The largest absolute Gasteiger partial charge is 0.507 e. The molecule has 1 aliphatic heterocycles. The van der Waals surface area contributed by atoms with E-state index in [1.54, 1.807) is 0 Å². The van der Waals surface area contributed by atoms with Gasteiger partial charge in [-0.05, 0) is 19.5 Å². The van der Waals surface area contributed by atoms with E-state index in [2.05, 4.69) is 11.4 Å². The lowest BCUT2D eigenvalue weighted by molar-refractivity contribution is -0.124. The second-order valence-electron chi connectivity index (χ2n) is 5.01. The molecule has 0 saturated carbocycles. The van der Waals surface area contributed by atoms with Gasteiger partial charge >= 0.3 is 0 Å². The van der Waals surface area contributed by atoms with Gasteiger partial charge in [0.1, 0.15) is 11.6 Å². The quantitative estimate of drug-likeness (QED) is 0.864. The molecule has 0 aliphatic carbocycles. The first-order chi connectivity index (χ1) is 9.51. The van der Waals surface area contributed by atoms with Crippen molar-refractivity contribution in [3.05, 3.63) is 29.6 Å². The van der Waals surface area contributed by atoms with Crippen LogP contribution in [0.4, 0.5) is 4.39 Å². The summed E-state index contributed by atoms with van der Waals surface area (Å²) in [5, 5.41) is 21.2. The molecule has 2 atom stereocenters. The lowest BCUT2D eigenvalue weighted by atomic mass is 10.1. The summed E-state index contributed by atoms with van der Waals surface area (Å²) in [4.78, 5) is 13.8. The van der Waals surface area contributed by atoms with E-state index in [1.807, 2.05) is 11.9 Å². The van der Waals surface area contributed by atoms with Gasteiger partial charge in [-0.1, -0.05) is 6.07 Å². The van der Waals surface area contributed by atoms with Gasteiger partial charge in [-0.15, -0.1) is 0 Å². The van der Waals surface area contributed by atoms with Gasteiger partial charge in [0.25, 0.3) is 0 Å². The Labute approximate surface area is 116 Å². The fraction of sp³-hybridized carbons (Fsp3) is 0.429. The van der Waals surface area contributed by atoms with Crippen molar-refractivity contribution in [1.29, 1.82) is 5.26 Å². The first kappa shape index (κ1) is 14.3. The van der Waals surface area contributed by atoms with Crippen molar-refractivity contribution in [1.82, 2.24) is 10.2 Å². The van der Waals surface area contributed by atoms with E-state index < -0.39 is 5.82 Å². The van der Waals surface area contributed by atoms with Gasteiger partial charge in [-0.3, -0.25) is 9.69 Å². The van der Waals surface area contributed by atoms with Crippen LogP contribution in [0.25, 0.3) is 0 Å². The van der Waals surface area contributed by atoms with E-state index in [9.17, 15) is 14.3 Å². The monoisotopic (exact) mass is 277 g/mol. The average Bonchev–Trinajstić information content (AvgIpc) is 2.79. The van der Waals surface area contributed by atoms with Crippen LogP contribution in [0.15, 0.2) is 18.2 Å². The number of rotatable bonds is 3. The Balaban J connectivity index is 1.91. The zero-order chi connectivity index (χ0) is 14.7. The summed E-state index contributed by atoms with van der Waals surface area (Å²) in [6, 6.07) is 5.60. The number of phenolic OH excluding ortho intramolecular Hbond substituents is 1. The van der Waals surface area contributed by atoms with Gasteiger partial charge in [0.15, 0.2) is 0 Å². The Kier molecular flexibility index (Phi) is 4.20. The highest BCUT2D eigenvalue weighted by Crippen LogP contribution is 2.22. The van der Waals surface area contributed by atoms with Gasteiger partial charge < -0.3 is 10.4 Å². The highest BCUT2D eigenvalue weighted by Gasteiger charge is 2.33. The predicted molar refractivity (Wildman–Crippen MR) is 70.0 cm³/mol. The van der Waals surface area contributed by atoms with E-state index in [1.165, 1.54) is 12.1 Å². The second kappa shape index (κ2) is 5.88. The molecule has 1 aliphatic rings.